The number of ether oxygens (including phenoxy) is 1. The van der Waals surface area contributed by atoms with Gasteiger partial charge < -0.3 is 14.2 Å². The second-order valence-electron chi connectivity index (χ2n) is 9.26. The lowest BCUT2D eigenvalue weighted by atomic mass is 10.1. The minimum atomic E-state index is 0.0457. The molecule has 1 fully saturated rings. The summed E-state index contributed by atoms with van der Waals surface area (Å²) in [6.07, 6.45) is 0.485. The summed E-state index contributed by atoms with van der Waals surface area (Å²) in [5.41, 5.74) is 5.58. The molecule has 0 saturated carbocycles. The van der Waals surface area contributed by atoms with Crippen LogP contribution in [0, 0.1) is 13.8 Å². The number of fused-ring (bicyclic) bond motifs is 1. The number of nitrogens with zero attached hydrogens (tertiary/aromatic N) is 3. The minimum Gasteiger partial charge on any atom is -0.491 e. The third-order valence-electron chi connectivity index (χ3n) is 6.86. The van der Waals surface area contributed by atoms with E-state index in [1.807, 2.05) is 47.4 Å². The third kappa shape index (κ3) is 4.30. The molecule has 1 amide bonds. The van der Waals surface area contributed by atoms with Crippen molar-refractivity contribution < 1.29 is 9.53 Å². The number of likely N-dealkylation sites (tertiary alicyclic amines) is 1. The van der Waals surface area contributed by atoms with Crippen LogP contribution in [-0.4, -0.2) is 33.5 Å². The van der Waals surface area contributed by atoms with Gasteiger partial charge in [0.15, 0.2) is 0 Å². The first-order chi connectivity index (χ1) is 16.5. The summed E-state index contributed by atoms with van der Waals surface area (Å²) >= 11 is 0. The normalized spacial score (nSPS) is 16.9. The van der Waals surface area contributed by atoms with E-state index >= 15 is 0 Å². The van der Waals surface area contributed by atoms with E-state index in [-0.39, 0.29) is 17.9 Å². The SMILES string of the molecule is Cc1ccc(OCCn2c(C3CC(=O)N(C(C)c4ccccc4)C3)nc3ccccc32)c(C)c1. The lowest BCUT2D eigenvalue weighted by molar-refractivity contribution is -0.129. The predicted octanol–water partition coefficient (Wildman–Crippen LogP) is 5.81. The van der Waals surface area contributed by atoms with Crippen molar-refractivity contribution in [2.24, 2.45) is 0 Å². The molecule has 2 unspecified atom stereocenters. The molecule has 0 bridgehead atoms. The second-order valence-corrected chi connectivity index (χ2v) is 9.26. The van der Waals surface area contributed by atoms with Gasteiger partial charge in [0, 0.05) is 18.9 Å². The van der Waals surface area contributed by atoms with Crippen LogP contribution in [0.15, 0.2) is 72.8 Å². The highest BCUT2D eigenvalue weighted by Gasteiger charge is 2.36. The molecule has 0 spiro atoms. The fourth-order valence-corrected chi connectivity index (χ4v) is 5.04. The summed E-state index contributed by atoms with van der Waals surface area (Å²) in [5.74, 6) is 2.13. The molecule has 174 valence electrons. The van der Waals surface area contributed by atoms with Crippen LogP contribution in [0.2, 0.25) is 0 Å². The number of rotatable bonds is 7. The average Bonchev–Trinajstić information content (AvgIpc) is 3.41. The van der Waals surface area contributed by atoms with Gasteiger partial charge >= 0.3 is 0 Å². The van der Waals surface area contributed by atoms with Gasteiger partial charge in [0.05, 0.1) is 23.6 Å². The quantitative estimate of drug-likeness (QED) is 0.355. The zero-order chi connectivity index (χ0) is 23.7. The maximum Gasteiger partial charge on any atom is 0.223 e. The van der Waals surface area contributed by atoms with Crippen molar-refractivity contribution >= 4 is 16.9 Å². The molecule has 5 rings (SSSR count). The molecule has 2 heterocycles. The molecule has 34 heavy (non-hydrogen) atoms. The van der Waals surface area contributed by atoms with E-state index in [0.717, 1.165) is 33.7 Å². The van der Waals surface area contributed by atoms with Crippen LogP contribution >= 0.6 is 0 Å². The summed E-state index contributed by atoms with van der Waals surface area (Å²) in [6.45, 7) is 8.18. The average molecular weight is 454 g/mol. The van der Waals surface area contributed by atoms with Gasteiger partial charge in [-0.25, -0.2) is 4.98 Å². The van der Waals surface area contributed by atoms with Crippen LogP contribution in [-0.2, 0) is 11.3 Å². The van der Waals surface area contributed by atoms with E-state index in [9.17, 15) is 4.79 Å². The number of hydrogen-bond acceptors (Lipinski definition) is 3. The van der Waals surface area contributed by atoms with Gasteiger partial charge in [0.1, 0.15) is 18.2 Å². The van der Waals surface area contributed by atoms with E-state index in [4.69, 9.17) is 9.72 Å². The van der Waals surface area contributed by atoms with Crippen LogP contribution in [0.4, 0.5) is 0 Å². The molecule has 1 aliphatic rings. The van der Waals surface area contributed by atoms with Crippen LogP contribution in [0.3, 0.4) is 0 Å². The van der Waals surface area contributed by atoms with Gasteiger partial charge in [-0.15, -0.1) is 0 Å². The number of carbonyl (C=O) groups is 1. The number of para-hydroxylation sites is 2. The fraction of sp³-hybridized carbons (Fsp3) is 0.310. The molecule has 0 aliphatic carbocycles. The number of benzene rings is 3. The maximum absolute atomic E-state index is 13.0. The number of imidazole rings is 1. The third-order valence-corrected chi connectivity index (χ3v) is 6.86. The Morgan fingerprint density at radius 3 is 2.59 bits per heavy atom. The van der Waals surface area contributed by atoms with Gasteiger partial charge in [0.2, 0.25) is 5.91 Å². The minimum absolute atomic E-state index is 0.0457. The van der Waals surface area contributed by atoms with Gasteiger partial charge in [-0.3, -0.25) is 4.79 Å². The van der Waals surface area contributed by atoms with E-state index in [2.05, 4.69) is 55.7 Å². The first kappa shape index (κ1) is 22.2. The summed E-state index contributed by atoms with van der Waals surface area (Å²) in [5, 5.41) is 0. The first-order valence-electron chi connectivity index (χ1n) is 12.0. The largest absolute Gasteiger partial charge is 0.491 e. The topological polar surface area (TPSA) is 47.4 Å². The Morgan fingerprint density at radius 1 is 1.03 bits per heavy atom. The lowest BCUT2D eigenvalue weighted by Crippen LogP contribution is -2.28. The molecule has 5 heteroatoms. The van der Waals surface area contributed by atoms with E-state index in [0.29, 0.717) is 26.1 Å². The standard InChI is InChI=1S/C29H31N3O2/c1-20-13-14-27(21(2)17-20)34-16-15-31-26-12-8-7-11-25(26)30-29(31)24-18-28(33)32(19-24)22(3)23-9-5-4-6-10-23/h4-14,17,22,24H,15-16,18-19H2,1-3H3. The van der Waals surface area contributed by atoms with E-state index in [1.165, 1.54) is 5.56 Å². The molecule has 0 N–H and O–H groups in total. The van der Waals surface area contributed by atoms with Gasteiger partial charge in [-0.05, 0) is 50.1 Å². The lowest BCUT2D eigenvalue weighted by Gasteiger charge is -2.25. The summed E-state index contributed by atoms with van der Waals surface area (Å²) in [7, 11) is 0. The molecule has 1 aromatic heterocycles. The van der Waals surface area contributed by atoms with Crippen molar-refractivity contribution in [1.82, 2.24) is 14.5 Å². The second kappa shape index (κ2) is 9.34. The molecule has 1 aliphatic heterocycles. The Morgan fingerprint density at radius 2 is 1.79 bits per heavy atom. The summed E-state index contributed by atoms with van der Waals surface area (Å²) in [6, 6.07) is 24.7. The Labute approximate surface area is 201 Å². The van der Waals surface area contributed by atoms with Crippen molar-refractivity contribution in [2.45, 2.75) is 45.7 Å². The highest BCUT2D eigenvalue weighted by Crippen LogP contribution is 2.35. The zero-order valence-corrected chi connectivity index (χ0v) is 20.1. The van der Waals surface area contributed by atoms with Crippen LogP contribution in [0.5, 0.6) is 5.75 Å². The van der Waals surface area contributed by atoms with E-state index < -0.39 is 0 Å². The van der Waals surface area contributed by atoms with Crippen molar-refractivity contribution in [2.75, 3.05) is 13.2 Å². The Hall–Kier alpha value is -3.60. The molecule has 3 aromatic carbocycles. The number of hydrogen-bond donors (Lipinski definition) is 0. The Bertz CT molecular complexity index is 1310. The van der Waals surface area contributed by atoms with Gasteiger partial charge in [-0.2, -0.15) is 0 Å². The van der Waals surface area contributed by atoms with Crippen LogP contribution < -0.4 is 4.74 Å². The Kier molecular flexibility index (Phi) is 6.10. The van der Waals surface area contributed by atoms with Gasteiger partial charge in [0.25, 0.3) is 0 Å². The monoisotopic (exact) mass is 453 g/mol. The molecule has 2 atom stereocenters. The van der Waals surface area contributed by atoms with Crippen molar-refractivity contribution in [3.8, 4) is 5.75 Å². The zero-order valence-electron chi connectivity index (χ0n) is 20.1. The van der Waals surface area contributed by atoms with E-state index in [1.54, 1.807) is 0 Å². The molecule has 5 nitrogen and oxygen atoms in total. The summed E-state index contributed by atoms with van der Waals surface area (Å²) < 4.78 is 8.39. The molecule has 1 saturated heterocycles. The van der Waals surface area contributed by atoms with Crippen molar-refractivity contribution in [3.05, 3.63) is 95.3 Å². The number of aryl methyl sites for hydroxylation is 2. The number of carbonyl (C=O) groups excluding carboxylic acids is 1. The van der Waals surface area contributed by atoms with Gasteiger partial charge in [-0.1, -0.05) is 60.2 Å². The van der Waals surface area contributed by atoms with Crippen LogP contribution in [0.25, 0.3) is 11.0 Å². The number of aromatic nitrogens is 2. The molecular formula is C29H31N3O2. The molecule has 4 aromatic rings. The highest BCUT2D eigenvalue weighted by molar-refractivity contribution is 5.81. The first-order valence-corrected chi connectivity index (χ1v) is 12.0. The van der Waals surface area contributed by atoms with Crippen molar-refractivity contribution in [1.29, 1.82) is 0 Å². The Balaban J connectivity index is 1.38. The summed E-state index contributed by atoms with van der Waals surface area (Å²) in [4.78, 5) is 20.0. The van der Waals surface area contributed by atoms with Crippen LogP contribution in [0.1, 0.15) is 47.8 Å². The predicted molar refractivity (Wildman–Crippen MR) is 135 cm³/mol. The highest BCUT2D eigenvalue weighted by atomic mass is 16.5. The fourth-order valence-electron chi connectivity index (χ4n) is 5.04. The van der Waals surface area contributed by atoms with Crippen molar-refractivity contribution in [3.63, 3.8) is 0 Å². The molecular weight excluding hydrogens is 422 g/mol. The smallest absolute Gasteiger partial charge is 0.223 e. The maximum atomic E-state index is 13.0. The number of amides is 1. The molecule has 0 radical (unpaired) electrons.